The highest BCUT2D eigenvalue weighted by molar-refractivity contribution is 6.27. The second kappa shape index (κ2) is 3.31. The number of Topliss-reactive ketones (excluding diaryl/α,β-unsaturated/α-hetero) is 1. The van der Waals surface area contributed by atoms with Gasteiger partial charge in [0.15, 0.2) is 5.78 Å². The van der Waals surface area contributed by atoms with Gasteiger partial charge in [-0.15, -0.1) is 11.6 Å². The van der Waals surface area contributed by atoms with Crippen molar-refractivity contribution in [3.63, 3.8) is 0 Å². The van der Waals surface area contributed by atoms with Gasteiger partial charge in [-0.3, -0.25) is 4.79 Å². The number of halogens is 1. The third-order valence-electron chi connectivity index (χ3n) is 0.954. The number of ketones is 1. The molecule has 0 aliphatic rings. The maximum atomic E-state index is 10.7. The predicted molar refractivity (Wildman–Crippen MR) is 35.7 cm³/mol. The lowest BCUT2D eigenvalue weighted by molar-refractivity contribution is -0.117. The van der Waals surface area contributed by atoms with Crippen LogP contribution in [0, 0.1) is 0 Å². The highest BCUT2D eigenvalue weighted by Crippen LogP contribution is 1.84. The van der Waals surface area contributed by atoms with E-state index in [2.05, 4.69) is 10.1 Å². The van der Waals surface area contributed by atoms with Crippen LogP contribution in [0.3, 0.4) is 0 Å². The van der Waals surface area contributed by atoms with Crippen molar-refractivity contribution < 1.29 is 4.79 Å². The number of carbonyl (C=O) groups excluding carboxylic acids is 1. The van der Waals surface area contributed by atoms with E-state index in [-0.39, 0.29) is 18.2 Å². The van der Waals surface area contributed by atoms with Crippen molar-refractivity contribution in [3.05, 3.63) is 12.7 Å². The Labute approximate surface area is 62.8 Å². The second-order valence-corrected chi connectivity index (χ2v) is 2.03. The highest BCUT2D eigenvalue weighted by atomic mass is 35.5. The normalized spacial score (nSPS) is 9.70. The van der Waals surface area contributed by atoms with E-state index in [1.54, 1.807) is 0 Å². The zero-order valence-corrected chi connectivity index (χ0v) is 5.95. The van der Waals surface area contributed by atoms with Crippen LogP contribution in [0.15, 0.2) is 12.7 Å². The molecule has 1 rings (SSSR count). The average molecular weight is 160 g/mol. The molecule has 0 atom stereocenters. The summed E-state index contributed by atoms with van der Waals surface area (Å²) in [7, 11) is 0. The maximum Gasteiger partial charge on any atom is 0.169 e. The molecule has 4 nitrogen and oxygen atoms in total. The number of hydrogen-bond donors (Lipinski definition) is 0. The fourth-order valence-electron chi connectivity index (χ4n) is 0.537. The topological polar surface area (TPSA) is 47.8 Å². The Bertz CT molecular complexity index is 209. The zero-order chi connectivity index (χ0) is 7.40. The lowest BCUT2D eigenvalue weighted by atomic mass is 10.4. The van der Waals surface area contributed by atoms with Crippen LogP contribution in [0.2, 0.25) is 0 Å². The molecule has 0 saturated heterocycles. The van der Waals surface area contributed by atoms with Gasteiger partial charge in [-0.2, -0.15) is 5.10 Å². The summed E-state index contributed by atoms with van der Waals surface area (Å²) >= 11 is 5.26. The van der Waals surface area contributed by atoms with Crippen molar-refractivity contribution >= 4 is 17.4 Å². The molecule has 0 radical (unpaired) electrons. The van der Waals surface area contributed by atoms with Gasteiger partial charge in [0.1, 0.15) is 19.2 Å². The minimum absolute atomic E-state index is 0.0276. The fourth-order valence-corrected chi connectivity index (χ4v) is 0.622. The monoisotopic (exact) mass is 159 g/mol. The summed E-state index contributed by atoms with van der Waals surface area (Å²) in [5, 5.41) is 3.73. The van der Waals surface area contributed by atoms with Gasteiger partial charge in [-0.05, 0) is 0 Å². The minimum atomic E-state index is -0.0628. The number of aromatic nitrogens is 3. The van der Waals surface area contributed by atoms with Crippen LogP contribution < -0.4 is 0 Å². The summed E-state index contributed by atoms with van der Waals surface area (Å²) in [6.07, 6.45) is 2.85. The van der Waals surface area contributed by atoms with E-state index in [4.69, 9.17) is 11.6 Å². The molecule has 1 aromatic rings. The Morgan fingerprint density at radius 3 is 3.00 bits per heavy atom. The van der Waals surface area contributed by atoms with Gasteiger partial charge >= 0.3 is 0 Å². The molecule has 1 aromatic heterocycles. The smallest absolute Gasteiger partial charge is 0.169 e. The standard InChI is InChI=1S/C5H6ClN3O/c6-1-5(10)2-9-4-7-3-8-9/h3-4H,1-2H2. The Hall–Kier alpha value is -0.900. The molecular weight excluding hydrogens is 154 g/mol. The molecule has 5 heteroatoms. The van der Waals surface area contributed by atoms with Crippen molar-refractivity contribution in [3.8, 4) is 0 Å². The first kappa shape index (κ1) is 7.21. The zero-order valence-electron chi connectivity index (χ0n) is 5.20. The van der Waals surface area contributed by atoms with Crippen molar-refractivity contribution in [2.75, 3.05) is 5.88 Å². The van der Waals surface area contributed by atoms with Crippen LogP contribution in [0.4, 0.5) is 0 Å². The molecule has 0 bridgehead atoms. The van der Waals surface area contributed by atoms with Gasteiger partial charge in [0.05, 0.1) is 5.88 Å². The molecule has 1 heterocycles. The van der Waals surface area contributed by atoms with Crippen LogP contribution in [0.25, 0.3) is 0 Å². The number of alkyl halides is 1. The largest absolute Gasteiger partial charge is 0.296 e. The SMILES string of the molecule is O=C(CCl)Cn1cncn1. The van der Waals surface area contributed by atoms with Crippen molar-refractivity contribution in [2.45, 2.75) is 6.54 Å². The van der Waals surface area contributed by atoms with Crippen LogP contribution in [0.5, 0.6) is 0 Å². The first-order valence-corrected chi connectivity index (χ1v) is 3.26. The molecular formula is C5H6ClN3O. The Morgan fingerprint density at radius 2 is 2.50 bits per heavy atom. The molecule has 0 aliphatic heterocycles. The van der Waals surface area contributed by atoms with Gasteiger partial charge in [0.25, 0.3) is 0 Å². The van der Waals surface area contributed by atoms with E-state index in [9.17, 15) is 4.79 Å². The lowest BCUT2D eigenvalue weighted by Crippen LogP contribution is -2.11. The molecule has 0 amide bonds. The molecule has 0 aromatic carbocycles. The molecule has 54 valence electrons. The van der Waals surface area contributed by atoms with Crippen LogP contribution in [-0.4, -0.2) is 26.4 Å². The number of rotatable bonds is 3. The Morgan fingerprint density at radius 1 is 1.70 bits per heavy atom. The summed E-state index contributed by atoms with van der Waals surface area (Å²) in [4.78, 5) is 14.3. The van der Waals surface area contributed by atoms with E-state index < -0.39 is 0 Å². The second-order valence-electron chi connectivity index (χ2n) is 1.77. The van der Waals surface area contributed by atoms with Crippen LogP contribution >= 0.6 is 11.6 Å². The highest BCUT2D eigenvalue weighted by Gasteiger charge is 1.99. The Kier molecular flexibility index (Phi) is 2.39. The van der Waals surface area contributed by atoms with Crippen molar-refractivity contribution in [1.29, 1.82) is 0 Å². The van der Waals surface area contributed by atoms with Gasteiger partial charge in [-0.25, -0.2) is 9.67 Å². The molecule has 0 N–H and O–H groups in total. The summed E-state index contributed by atoms with van der Waals surface area (Å²) in [5.41, 5.74) is 0. The molecule has 10 heavy (non-hydrogen) atoms. The quantitative estimate of drug-likeness (QED) is 0.588. The van der Waals surface area contributed by atoms with Gasteiger partial charge in [-0.1, -0.05) is 0 Å². The van der Waals surface area contributed by atoms with Crippen molar-refractivity contribution in [2.24, 2.45) is 0 Å². The predicted octanol–water partition coefficient (Wildman–Crippen LogP) is 0.0860. The number of nitrogens with zero attached hydrogens (tertiary/aromatic N) is 3. The summed E-state index contributed by atoms with van der Waals surface area (Å²) in [6, 6.07) is 0. The van der Waals surface area contributed by atoms with Crippen LogP contribution in [-0.2, 0) is 11.3 Å². The van der Waals surface area contributed by atoms with E-state index in [1.807, 2.05) is 0 Å². The van der Waals surface area contributed by atoms with Crippen LogP contribution in [0.1, 0.15) is 0 Å². The third-order valence-corrected chi connectivity index (χ3v) is 1.25. The van der Waals surface area contributed by atoms with E-state index in [1.165, 1.54) is 17.3 Å². The fraction of sp³-hybridized carbons (Fsp3) is 0.400. The third kappa shape index (κ3) is 1.80. The molecule has 0 saturated carbocycles. The summed E-state index contributed by atoms with van der Waals surface area (Å²) < 4.78 is 1.44. The van der Waals surface area contributed by atoms with E-state index in [0.29, 0.717) is 0 Å². The first-order chi connectivity index (χ1) is 4.83. The lowest BCUT2D eigenvalue weighted by Gasteiger charge is -1.93. The van der Waals surface area contributed by atoms with Crippen molar-refractivity contribution in [1.82, 2.24) is 14.8 Å². The van der Waals surface area contributed by atoms with E-state index in [0.717, 1.165) is 0 Å². The average Bonchev–Trinajstić information content (AvgIpc) is 2.40. The first-order valence-electron chi connectivity index (χ1n) is 2.73. The Balaban J connectivity index is 2.48. The molecule has 0 fully saturated rings. The van der Waals surface area contributed by atoms with Gasteiger partial charge < -0.3 is 0 Å². The molecule has 0 spiro atoms. The number of carbonyl (C=O) groups is 1. The van der Waals surface area contributed by atoms with Gasteiger partial charge in [0.2, 0.25) is 0 Å². The van der Waals surface area contributed by atoms with Gasteiger partial charge in [0, 0.05) is 0 Å². The maximum absolute atomic E-state index is 10.7. The number of hydrogen-bond acceptors (Lipinski definition) is 3. The van der Waals surface area contributed by atoms with E-state index >= 15 is 0 Å². The molecule has 0 unspecified atom stereocenters. The summed E-state index contributed by atoms with van der Waals surface area (Å²) in [5.74, 6) is -0.0352. The minimum Gasteiger partial charge on any atom is -0.296 e. The molecule has 0 aliphatic carbocycles. The summed E-state index contributed by atoms with van der Waals surface area (Å²) in [6.45, 7) is 0.212.